The number of hydrogen-bond donors (Lipinski definition) is 2. The van der Waals surface area contributed by atoms with Gasteiger partial charge in [0.15, 0.2) is 11.4 Å². The predicted molar refractivity (Wildman–Crippen MR) is 45.6 cm³/mol. The van der Waals surface area contributed by atoms with Crippen LogP contribution in [0.3, 0.4) is 0 Å². The Labute approximate surface area is 76.0 Å². The molecule has 0 aliphatic heterocycles. The summed E-state index contributed by atoms with van der Waals surface area (Å²) in [5, 5.41) is 17.6. The first-order chi connectivity index (χ1) is 5.13. The molecule has 1 rings (SSSR count). The second kappa shape index (κ2) is 3.04. The number of hydrogen-bond acceptors (Lipinski definition) is 3. The van der Waals surface area contributed by atoms with Gasteiger partial charge in [-0.25, -0.2) is 9.78 Å². The molecule has 1 heterocycles. The van der Waals surface area contributed by atoms with Crippen molar-refractivity contribution in [1.29, 1.82) is 0 Å². The molecule has 11 heavy (non-hydrogen) atoms. The van der Waals surface area contributed by atoms with E-state index < -0.39 is 5.97 Å². The quantitative estimate of drug-likeness (QED) is 0.745. The van der Waals surface area contributed by atoms with Crippen LogP contribution in [0.25, 0.3) is 0 Å². The van der Waals surface area contributed by atoms with Gasteiger partial charge < -0.3 is 10.2 Å². The Balaban J connectivity index is 3.27. The van der Waals surface area contributed by atoms with Crippen LogP contribution in [-0.2, 0) is 0 Å². The largest absolute Gasteiger partial charge is 0.504 e. The van der Waals surface area contributed by atoms with Crippen LogP contribution in [0.5, 0.6) is 5.75 Å². The molecule has 1 aromatic rings. The van der Waals surface area contributed by atoms with E-state index in [1.54, 1.807) is 0 Å². The molecule has 0 bridgehead atoms. The summed E-state index contributed by atoms with van der Waals surface area (Å²) in [7, 11) is 0. The summed E-state index contributed by atoms with van der Waals surface area (Å²) in [5.41, 5.74) is -0.308. The fraction of sp³-hybridized carbons (Fsp3) is 0. The average molecular weight is 265 g/mol. The van der Waals surface area contributed by atoms with Crippen LogP contribution in [-0.4, -0.2) is 21.2 Å². The number of carboxylic acids is 1. The van der Waals surface area contributed by atoms with Crippen molar-refractivity contribution in [3.05, 3.63) is 21.5 Å². The lowest BCUT2D eigenvalue weighted by molar-refractivity contribution is 0.0687. The lowest BCUT2D eigenvalue weighted by Crippen LogP contribution is -2.00. The van der Waals surface area contributed by atoms with Gasteiger partial charge in [-0.15, -0.1) is 0 Å². The third-order valence-electron chi connectivity index (χ3n) is 1.08. The Morgan fingerprint density at radius 1 is 1.64 bits per heavy atom. The van der Waals surface area contributed by atoms with Gasteiger partial charge in [0.05, 0.1) is 3.57 Å². The van der Waals surface area contributed by atoms with Gasteiger partial charge in [0, 0.05) is 6.20 Å². The summed E-state index contributed by atoms with van der Waals surface area (Å²) in [5.74, 6) is -1.50. The minimum Gasteiger partial charge on any atom is -0.504 e. The summed E-state index contributed by atoms with van der Waals surface area (Å²) in [6.07, 6.45) is 1.34. The summed E-state index contributed by atoms with van der Waals surface area (Å²) in [4.78, 5) is 13.8. The predicted octanol–water partition coefficient (Wildman–Crippen LogP) is 1.09. The zero-order valence-electron chi connectivity index (χ0n) is 5.28. The molecule has 0 aliphatic rings. The number of halogens is 1. The number of aromatic nitrogens is 1. The van der Waals surface area contributed by atoms with Crippen molar-refractivity contribution in [3.8, 4) is 5.75 Å². The second-order valence-electron chi connectivity index (χ2n) is 1.80. The van der Waals surface area contributed by atoms with Crippen LogP contribution in [0.1, 0.15) is 10.5 Å². The number of pyridine rings is 1. The van der Waals surface area contributed by atoms with Crippen LogP contribution < -0.4 is 0 Å². The van der Waals surface area contributed by atoms with E-state index in [9.17, 15) is 4.79 Å². The van der Waals surface area contributed by atoms with Crippen molar-refractivity contribution in [2.75, 3.05) is 0 Å². The van der Waals surface area contributed by atoms with E-state index in [0.717, 1.165) is 0 Å². The molecule has 0 aliphatic carbocycles. The molecule has 0 radical (unpaired) electrons. The number of rotatable bonds is 1. The maximum atomic E-state index is 10.3. The molecule has 4 nitrogen and oxygen atoms in total. The Morgan fingerprint density at radius 2 is 2.27 bits per heavy atom. The van der Waals surface area contributed by atoms with E-state index >= 15 is 0 Å². The highest BCUT2D eigenvalue weighted by Gasteiger charge is 2.12. The maximum Gasteiger partial charge on any atom is 0.358 e. The molecular formula is C6H4INO3. The van der Waals surface area contributed by atoms with Crippen LogP contribution in [0.15, 0.2) is 12.3 Å². The minimum absolute atomic E-state index is 0.277. The van der Waals surface area contributed by atoms with Crippen molar-refractivity contribution < 1.29 is 15.0 Å². The van der Waals surface area contributed by atoms with Crippen molar-refractivity contribution in [1.82, 2.24) is 4.98 Å². The van der Waals surface area contributed by atoms with Crippen LogP contribution >= 0.6 is 22.6 Å². The van der Waals surface area contributed by atoms with Gasteiger partial charge in [-0.3, -0.25) is 0 Å². The lowest BCUT2D eigenvalue weighted by atomic mass is 10.3. The smallest absolute Gasteiger partial charge is 0.358 e. The first-order valence-corrected chi connectivity index (χ1v) is 3.77. The molecule has 0 fully saturated rings. The molecule has 0 amide bonds. The molecule has 5 heteroatoms. The normalized spacial score (nSPS) is 9.55. The average Bonchev–Trinajstić information content (AvgIpc) is 1.94. The third kappa shape index (κ3) is 1.59. The molecule has 58 valence electrons. The zero-order chi connectivity index (χ0) is 8.43. The molecule has 1 aromatic heterocycles. The monoisotopic (exact) mass is 265 g/mol. The zero-order valence-corrected chi connectivity index (χ0v) is 7.44. The molecule has 0 unspecified atom stereocenters. The summed E-state index contributed by atoms with van der Waals surface area (Å²) < 4.78 is 0.481. The van der Waals surface area contributed by atoms with Crippen molar-refractivity contribution in [2.24, 2.45) is 0 Å². The van der Waals surface area contributed by atoms with E-state index in [-0.39, 0.29) is 11.4 Å². The number of aromatic carboxylic acids is 1. The van der Waals surface area contributed by atoms with E-state index in [1.807, 2.05) is 22.6 Å². The Kier molecular flexibility index (Phi) is 2.28. The molecule has 0 spiro atoms. The SMILES string of the molecule is O=C(O)c1nccc(I)c1O. The number of carbonyl (C=O) groups is 1. The van der Waals surface area contributed by atoms with Crippen molar-refractivity contribution in [3.63, 3.8) is 0 Å². The van der Waals surface area contributed by atoms with Gasteiger partial charge in [0.1, 0.15) is 0 Å². The highest BCUT2D eigenvalue weighted by molar-refractivity contribution is 14.1. The molecule has 0 aromatic carbocycles. The van der Waals surface area contributed by atoms with Gasteiger partial charge in [-0.2, -0.15) is 0 Å². The van der Waals surface area contributed by atoms with Crippen LogP contribution in [0.2, 0.25) is 0 Å². The summed E-state index contributed by atoms with van der Waals surface area (Å²) in [6.45, 7) is 0. The first-order valence-electron chi connectivity index (χ1n) is 2.69. The summed E-state index contributed by atoms with van der Waals surface area (Å²) in [6, 6.07) is 1.53. The first kappa shape index (κ1) is 8.25. The maximum absolute atomic E-state index is 10.3. The fourth-order valence-corrected chi connectivity index (χ4v) is 1.00. The van der Waals surface area contributed by atoms with Crippen molar-refractivity contribution >= 4 is 28.6 Å². The van der Waals surface area contributed by atoms with E-state index in [0.29, 0.717) is 3.57 Å². The number of carboxylic acid groups (broad SMARTS) is 1. The van der Waals surface area contributed by atoms with Gasteiger partial charge in [0.25, 0.3) is 0 Å². The highest BCUT2D eigenvalue weighted by Crippen LogP contribution is 2.21. The number of nitrogens with zero attached hydrogens (tertiary/aromatic N) is 1. The molecule has 0 saturated carbocycles. The van der Waals surface area contributed by atoms with Crippen LogP contribution in [0, 0.1) is 3.57 Å². The van der Waals surface area contributed by atoms with E-state index in [1.165, 1.54) is 12.3 Å². The second-order valence-corrected chi connectivity index (χ2v) is 2.96. The highest BCUT2D eigenvalue weighted by atomic mass is 127. The molecule has 0 atom stereocenters. The van der Waals surface area contributed by atoms with Gasteiger partial charge in [0.2, 0.25) is 0 Å². The van der Waals surface area contributed by atoms with E-state index in [2.05, 4.69) is 4.98 Å². The fourth-order valence-electron chi connectivity index (χ4n) is 0.587. The Hall–Kier alpha value is -0.850. The third-order valence-corrected chi connectivity index (χ3v) is 1.95. The standard InChI is InChI=1S/C6H4INO3/c7-3-1-2-8-4(5(3)9)6(10)11/h1-2,9H,(H,10,11). The summed E-state index contributed by atoms with van der Waals surface area (Å²) >= 11 is 1.83. The minimum atomic E-state index is -1.22. The van der Waals surface area contributed by atoms with Gasteiger partial charge in [-0.1, -0.05) is 0 Å². The topological polar surface area (TPSA) is 70.4 Å². The molecular weight excluding hydrogens is 261 g/mol. The lowest BCUT2D eigenvalue weighted by Gasteiger charge is -1.98. The molecule has 2 N–H and O–H groups in total. The Bertz CT molecular complexity index is 300. The Morgan fingerprint density at radius 3 is 2.73 bits per heavy atom. The molecule has 0 saturated heterocycles. The van der Waals surface area contributed by atoms with Gasteiger partial charge in [-0.05, 0) is 28.7 Å². The van der Waals surface area contributed by atoms with Gasteiger partial charge >= 0.3 is 5.97 Å². The number of aromatic hydroxyl groups is 1. The van der Waals surface area contributed by atoms with Crippen LogP contribution in [0.4, 0.5) is 0 Å². The van der Waals surface area contributed by atoms with E-state index in [4.69, 9.17) is 10.2 Å². The van der Waals surface area contributed by atoms with Crippen molar-refractivity contribution in [2.45, 2.75) is 0 Å².